The molecule has 0 radical (unpaired) electrons. The van der Waals surface area contributed by atoms with Gasteiger partial charge in [0.25, 0.3) is 0 Å². The molecule has 164 valence electrons. The Labute approximate surface area is 181 Å². The number of rotatable bonds is 6. The van der Waals surface area contributed by atoms with Crippen LogP contribution < -0.4 is 0 Å². The van der Waals surface area contributed by atoms with Gasteiger partial charge in [-0.3, -0.25) is 4.79 Å². The fourth-order valence-corrected chi connectivity index (χ4v) is 6.26. The number of nitrogens with zero attached hydrogens (tertiary/aromatic N) is 2. The van der Waals surface area contributed by atoms with Gasteiger partial charge in [0.1, 0.15) is 0 Å². The fourth-order valence-electron chi connectivity index (χ4n) is 4.56. The average Bonchev–Trinajstić information content (AvgIpc) is 3.38. The molecule has 3 heterocycles. The molecule has 0 saturated carbocycles. The van der Waals surface area contributed by atoms with Crippen LogP contribution >= 0.6 is 0 Å². The molecule has 7 nitrogen and oxygen atoms in total. The van der Waals surface area contributed by atoms with Crippen molar-refractivity contribution >= 4 is 32.5 Å². The first kappa shape index (κ1) is 21.4. The third kappa shape index (κ3) is 3.92. The lowest BCUT2D eigenvalue weighted by Crippen LogP contribution is -2.17. The molecule has 0 amide bonds. The molecule has 8 heteroatoms. The summed E-state index contributed by atoms with van der Waals surface area (Å²) >= 11 is 0. The summed E-state index contributed by atoms with van der Waals surface area (Å²) in [4.78, 5) is 25.5. The largest absolute Gasteiger partial charge is 0.454 e. The summed E-state index contributed by atoms with van der Waals surface area (Å²) < 4.78 is 33.0. The molecule has 1 aliphatic heterocycles. The maximum atomic E-state index is 12.8. The highest BCUT2D eigenvalue weighted by molar-refractivity contribution is 7.91. The van der Waals surface area contributed by atoms with E-state index in [2.05, 4.69) is 0 Å². The number of carbonyl (C=O) groups excluding carboxylic acids is 2. The van der Waals surface area contributed by atoms with Gasteiger partial charge >= 0.3 is 5.97 Å². The topological polar surface area (TPSA) is 87.4 Å². The number of sulfone groups is 1. The molecule has 1 unspecified atom stereocenters. The first-order chi connectivity index (χ1) is 14.7. The van der Waals surface area contributed by atoms with Crippen LogP contribution in [0.4, 0.5) is 0 Å². The van der Waals surface area contributed by atoms with Crippen molar-refractivity contribution in [2.45, 2.75) is 39.8 Å². The Morgan fingerprint density at radius 3 is 2.58 bits per heavy atom. The van der Waals surface area contributed by atoms with Crippen molar-refractivity contribution in [2.75, 3.05) is 18.1 Å². The van der Waals surface area contributed by atoms with Crippen molar-refractivity contribution in [3.63, 3.8) is 0 Å². The number of benzene rings is 1. The highest BCUT2D eigenvalue weighted by atomic mass is 32.2. The van der Waals surface area contributed by atoms with E-state index in [-0.39, 0.29) is 29.9 Å². The number of Topliss-reactive ketones (excluding diaryl/α,β-unsaturated/α-hetero) is 1. The number of para-hydroxylation sites is 1. The second-order valence-corrected chi connectivity index (χ2v) is 10.3. The molecule has 0 spiro atoms. The van der Waals surface area contributed by atoms with Crippen molar-refractivity contribution in [2.24, 2.45) is 0 Å². The van der Waals surface area contributed by atoms with Crippen LogP contribution in [0.3, 0.4) is 0 Å². The molecule has 0 aliphatic carbocycles. The standard InChI is InChI=1S/C23H26N2O5S/c1-4-24-12-20(18-7-5-6-8-21(18)24)23(27)30-13-22(26)19-11-15(2)25(16(19)3)17-9-10-31(28,29)14-17/h5-8,11-12,17H,4,9-10,13-14H2,1-3H3. The quantitative estimate of drug-likeness (QED) is 0.431. The molecule has 1 fully saturated rings. The van der Waals surface area contributed by atoms with Gasteiger partial charge in [0.2, 0.25) is 5.78 Å². The summed E-state index contributed by atoms with van der Waals surface area (Å²) in [7, 11) is -3.04. The smallest absolute Gasteiger partial charge is 0.340 e. The SMILES string of the molecule is CCn1cc(C(=O)OCC(=O)c2cc(C)n(C3CCS(=O)(=O)C3)c2C)c2ccccc21. The highest BCUT2D eigenvalue weighted by Gasteiger charge is 2.31. The number of ketones is 1. The normalized spacial score (nSPS) is 17.8. The Morgan fingerprint density at radius 2 is 1.90 bits per heavy atom. The monoisotopic (exact) mass is 442 g/mol. The number of carbonyl (C=O) groups is 2. The zero-order valence-electron chi connectivity index (χ0n) is 17.9. The maximum absolute atomic E-state index is 12.8. The summed E-state index contributed by atoms with van der Waals surface area (Å²) in [6.07, 6.45) is 2.30. The van der Waals surface area contributed by atoms with Crippen molar-refractivity contribution in [1.82, 2.24) is 9.13 Å². The summed E-state index contributed by atoms with van der Waals surface area (Å²) in [5.74, 6) is -0.575. The molecule has 1 aromatic carbocycles. The summed E-state index contributed by atoms with van der Waals surface area (Å²) in [5.41, 5.74) is 3.39. The molecule has 4 rings (SSSR count). The van der Waals surface area contributed by atoms with Crippen molar-refractivity contribution < 1.29 is 22.7 Å². The maximum Gasteiger partial charge on any atom is 0.340 e. The van der Waals surface area contributed by atoms with Crippen LogP contribution in [-0.4, -0.2) is 47.4 Å². The number of ether oxygens (including phenoxy) is 1. The summed E-state index contributed by atoms with van der Waals surface area (Å²) in [6, 6.07) is 9.18. The Balaban J connectivity index is 1.51. The highest BCUT2D eigenvalue weighted by Crippen LogP contribution is 2.29. The molecule has 0 N–H and O–H groups in total. The van der Waals surface area contributed by atoms with E-state index in [4.69, 9.17) is 4.74 Å². The van der Waals surface area contributed by atoms with Crippen LogP contribution in [0.1, 0.15) is 51.5 Å². The minimum absolute atomic E-state index is 0.0907. The molecular weight excluding hydrogens is 416 g/mol. The lowest BCUT2D eigenvalue weighted by atomic mass is 10.1. The fraction of sp³-hybridized carbons (Fsp3) is 0.391. The van der Waals surface area contributed by atoms with Gasteiger partial charge in [-0.25, -0.2) is 13.2 Å². The minimum Gasteiger partial charge on any atom is -0.454 e. The van der Waals surface area contributed by atoms with Crippen molar-refractivity contribution in [1.29, 1.82) is 0 Å². The molecule has 31 heavy (non-hydrogen) atoms. The Kier molecular flexibility index (Phi) is 5.51. The van der Waals surface area contributed by atoms with Gasteiger partial charge in [-0.15, -0.1) is 0 Å². The van der Waals surface area contributed by atoms with Crippen LogP contribution in [0.5, 0.6) is 0 Å². The second kappa shape index (κ2) is 8.00. The van der Waals surface area contributed by atoms with Crippen molar-refractivity contribution in [3.05, 3.63) is 59.0 Å². The Morgan fingerprint density at radius 1 is 1.16 bits per heavy atom. The zero-order chi connectivity index (χ0) is 22.3. The number of fused-ring (bicyclic) bond motifs is 1. The van der Waals surface area contributed by atoms with Crippen LogP contribution in [0.15, 0.2) is 36.5 Å². The third-order valence-electron chi connectivity index (χ3n) is 6.04. The Bertz CT molecular complexity index is 1280. The Hall–Kier alpha value is -2.87. The van der Waals surface area contributed by atoms with E-state index >= 15 is 0 Å². The van der Waals surface area contributed by atoms with Gasteiger partial charge in [0, 0.05) is 46.6 Å². The first-order valence-corrected chi connectivity index (χ1v) is 12.2. The minimum atomic E-state index is -3.04. The van der Waals surface area contributed by atoms with Crippen LogP contribution in [0.2, 0.25) is 0 Å². The second-order valence-electron chi connectivity index (χ2n) is 8.06. The zero-order valence-corrected chi connectivity index (χ0v) is 18.7. The van der Waals surface area contributed by atoms with E-state index in [1.165, 1.54) is 0 Å². The lowest BCUT2D eigenvalue weighted by molar-refractivity contribution is 0.0476. The third-order valence-corrected chi connectivity index (χ3v) is 7.79. The van der Waals surface area contributed by atoms with Crippen LogP contribution in [0, 0.1) is 13.8 Å². The van der Waals surface area contributed by atoms with E-state index in [9.17, 15) is 18.0 Å². The predicted molar refractivity (Wildman–Crippen MR) is 118 cm³/mol. The van der Waals surface area contributed by atoms with Gasteiger partial charge in [0.05, 0.1) is 17.1 Å². The van der Waals surface area contributed by atoms with Crippen LogP contribution in [0.25, 0.3) is 10.9 Å². The summed E-state index contributed by atoms with van der Waals surface area (Å²) in [6.45, 7) is 6.02. The van der Waals surface area contributed by atoms with Crippen molar-refractivity contribution in [3.8, 4) is 0 Å². The van der Waals surface area contributed by atoms with E-state index < -0.39 is 15.8 Å². The molecule has 1 atom stereocenters. The van der Waals surface area contributed by atoms with E-state index in [0.29, 0.717) is 23.2 Å². The van der Waals surface area contributed by atoms with Crippen LogP contribution in [-0.2, 0) is 21.1 Å². The molecule has 2 aromatic heterocycles. The van der Waals surface area contributed by atoms with E-state index in [0.717, 1.165) is 23.1 Å². The molecule has 1 aliphatic rings. The summed E-state index contributed by atoms with van der Waals surface area (Å²) in [5, 5.41) is 0.794. The molecule has 1 saturated heterocycles. The predicted octanol–water partition coefficient (Wildman–Crippen LogP) is 3.48. The number of aryl methyl sites for hydroxylation is 2. The number of hydrogen-bond donors (Lipinski definition) is 0. The van der Waals surface area contributed by atoms with Gasteiger partial charge in [-0.1, -0.05) is 18.2 Å². The lowest BCUT2D eigenvalue weighted by Gasteiger charge is -2.16. The number of aromatic nitrogens is 2. The van der Waals surface area contributed by atoms with Gasteiger partial charge in [-0.05, 0) is 39.3 Å². The molecular formula is C23H26N2O5S. The number of esters is 1. The molecule has 0 bridgehead atoms. The van der Waals surface area contributed by atoms with E-state index in [1.54, 1.807) is 12.3 Å². The van der Waals surface area contributed by atoms with E-state index in [1.807, 2.05) is 54.2 Å². The average molecular weight is 443 g/mol. The first-order valence-electron chi connectivity index (χ1n) is 10.4. The van der Waals surface area contributed by atoms with Gasteiger partial charge < -0.3 is 13.9 Å². The number of hydrogen-bond acceptors (Lipinski definition) is 5. The van der Waals surface area contributed by atoms with Gasteiger partial charge in [-0.2, -0.15) is 0 Å². The molecule has 3 aromatic rings. The van der Waals surface area contributed by atoms with Gasteiger partial charge in [0.15, 0.2) is 16.4 Å².